The van der Waals surface area contributed by atoms with E-state index in [9.17, 15) is 5.11 Å². The quantitative estimate of drug-likeness (QED) is 0.177. The van der Waals surface area contributed by atoms with Crippen LogP contribution in [0.4, 0.5) is 0 Å². The molecule has 0 spiro atoms. The SMILES string of the molecule is Oc1c(Br)cccc1CN1CCC(n2c(C3CC3)nc3ccc(C(c4ccc(Cl)cc4)c4ccc(Cl)cc4)cc32)CC1. The Kier molecular flexibility index (Phi) is 7.78. The molecule has 42 heavy (non-hydrogen) atoms. The molecule has 0 unspecified atom stereocenters. The number of hydrogen-bond acceptors (Lipinski definition) is 3. The number of piperidine rings is 1. The van der Waals surface area contributed by atoms with Gasteiger partial charge in [-0.15, -0.1) is 0 Å². The number of benzene rings is 4. The van der Waals surface area contributed by atoms with Crippen molar-refractivity contribution >= 4 is 50.2 Å². The second-order valence-corrected chi connectivity index (χ2v) is 13.4. The summed E-state index contributed by atoms with van der Waals surface area (Å²) >= 11 is 16.0. The largest absolute Gasteiger partial charge is 0.506 e. The first-order chi connectivity index (χ1) is 20.4. The lowest BCUT2D eigenvalue weighted by Crippen LogP contribution is -2.34. The van der Waals surface area contributed by atoms with Crippen LogP contribution in [0.25, 0.3) is 11.0 Å². The molecule has 0 amide bonds. The Morgan fingerprint density at radius 2 is 1.43 bits per heavy atom. The van der Waals surface area contributed by atoms with Gasteiger partial charge in [0.25, 0.3) is 0 Å². The highest BCUT2D eigenvalue weighted by atomic mass is 79.9. The average Bonchev–Trinajstić information content (AvgIpc) is 3.78. The molecule has 1 saturated heterocycles. The molecule has 1 saturated carbocycles. The van der Waals surface area contributed by atoms with Crippen LogP contribution in [0, 0.1) is 0 Å². The fourth-order valence-corrected chi connectivity index (χ4v) is 7.13. The van der Waals surface area contributed by atoms with Gasteiger partial charge in [-0.3, -0.25) is 4.90 Å². The van der Waals surface area contributed by atoms with E-state index >= 15 is 0 Å². The standard InChI is InChI=1S/C35H32BrCl2N3O/c36-30-3-1-2-26(34(30)42)21-40-18-16-29(17-19-40)41-32-20-25(10-15-31(32)39-35(41)24-4-5-24)33(22-6-11-27(37)12-7-22)23-8-13-28(38)14-9-23/h1-3,6-15,20,24,29,33,42H,4-5,16-19,21H2. The van der Waals surface area contributed by atoms with Gasteiger partial charge >= 0.3 is 0 Å². The number of imidazole rings is 1. The second kappa shape index (κ2) is 11.7. The first kappa shape index (κ1) is 28.0. The molecule has 2 aliphatic rings. The molecule has 0 bridgehead atoms. The van der Waals surface area contributed by atoms with E-state index in [0.29, 0.717) is 17.7 Å². The van der Waals surface area contributed by atoms with Gasteiger partial charge in [0, 0.05) is 53.1 Å². The summed E-state index contributed by atoms with van der Waals surface area (Å²) in [7, 11) is 0. The first-order valence-corrected chi connectivity index (χ1v) is 16.2. The van der Waals surface area contributed by atoms with Crippen LogP contribution >= 0.6 is 39.1 Å². The third kappa shape index (κ3) is 5.60. The minimum Gasteiger partial charge on any atom is -0.506 e. The summed E-state index contributed by atoms with van der Waals surface area (Å²) in [5.74, 6) is 2.21. The van der Waals surface area contributed by atoms with Gasteiger partial charge in [0.2, 0.25) is 0 Å². The lowest BCUT2D eigenvalue weighted by Gasteiger charge is -2.34. The first-order valence-electron chi connectivity index (χ1n) is 14.7. The van der Waals surface area contributed by atoms with Gasteiger partial charge in [-0.2, -0.15) is 0 Å². The fourth-order valence-electron chi connectivity index (χ4n) is 6.47. The van der Waals surface area contributed by atoms with Gasteiger partial charge < -0.3 is 9.67 Å². The van der Waals surface area contributed by atoms with Crippen LogP contribution in [-0.2, 0) is 6.54 Å². The highest BCUT2D eigenvalue weighted by Crippen LogP contribution is 2.44. The van der Waals surface area contributed by atoms with Gasteiger partial charge in [0.15, 0.2) is 0 Å². The molecule has 214 valence electrons. The predicted molar refractivity (Wildman–Crippen MR) is 175 cm³/mol. The molecule has 1 aliphatic heterocycles. The zero-order chi connectivity index (χ0) is 28.8. The van der Waals surface area contributed by atoms with Gasteiger partial charge in [-0.05, 0) is 101 Å². The summed E-state index contributed by atoms with van der Waals surface area (Å²) < 4.78 is 3.32. The highest BCUT2D eigenvalue weighted by molar-refractivity contribution is 9.10. The third-order valence-electron chi connectivity index (χ3n) is 8.81. The van der Waals surface area contributed by atoms with Crippen molar-refractivity contribution in [2.75, 3.05) is 13.1 Å². The lowest BCUT2D eigenvalue weighted by molar-refractivity contribution is 0.178. The van der Waals surface area contributed by atoms with Crippen molar-refractivity contribution in [3.05, 3.63) is 128 Å². The van der Waals surface area contributed by atoms with Crippen molar-refractivity contribution in [3.63, 3.8) is 0 Å². The summed E-state index contributed by atoms with van der Waals surface area (Å²) in [6.07, 6.45) is 4.55. The number of phenols is 1. The van der Waals surface area contributed by atoms with E-state index in [1.807, 2.05) is 42.5 Å². The van der Waals surface area contributed by atoms with Crippen LogP contribution in [0.1, 0.15) is 71.6 Å². The number of aromatic nitrogens is 2. The molecule has 5 aromatic rings. The summed E-state index contributed by atoms with van der Waals surface area (Å²) in [4.78, 5) is 7.66. The predicted octanol–water partition coefficient (Wildman–Crippen LogP) is 9.71. The van der Waals surface area contributed by atoms with Gasteiger partial charge in [-0.25, -0.2) is 4.98 Å². The van der Waals surface area contributed by atoms with Crippen molar-refractivity contribution in [1.29, 1.82) is 0 Å². The summed E-state index contributed by atoms with van der Waals surface area (Å²) in [5, 5.41) is 12.0. The second-order valence-electron chi connectivity index (χ2n) is 11.7. The monoisotopic (exact) mass is 659 g/mol. The van der Waals surface area contributed by atoms with Crippen molar-refractivity contribution in [3.8, 4) is 5.75 Å². The number of fused-ring (bicyclic) bond motifs is 1. The van der Waals surface area contributed by atoms with E-state index in [4.69, 9.17) is 28.2 Å². The Hall–Kier alpha value is -2.83. The number of phenolic OH excluding ortho intramolecular Hbond substituents is 1. The number of hydrogen-bond donors (Lipinski definition) is 1. The number of halogens is 3. The minimum atomic E-state index is 0.0522. The Morgan fingerprint density at radius 1 is 0.810 bits per heavy atom. The summed E-state index contributed by atoms with van der Waals surface area (Å²) in [5.41, 5.74) is 6.89. The molecule has 4 aromatic carbocycles. The van der Waals surface area contributed by atoms with E-state index in [-0.39, 0.29) is 5.92 Å². The third-order valence-corrected chi connectivity index (χ3v) is 9.95. The molecule has 1 N–H and O–H groups in total. The van der Waals surface area contributed by atoms with E-state index < -0.39 is 0 Å². The molecule has 7 rings (SSSR count). The van der Waals surface area contributed by atoms with Crippen molar-refractivity contribution < 1.29 is 5.11 Å². The van der Waals surface area contributed by atoms with Gasteiger partial charge in [0.1, 0.15) is 11.6 Å². The van der Waals surface area contributed by atoms with Crippen molar-refractivity contribution in [2.24, 2.45) is 0 Å². The molecule has 2 heterocycles. The zero-order valence-electron chi connectivity index (χ0n) is 23.2. The summed E-state index contributed by atoms with van der Waals surface area (Å²) in [6, 6.07) is 29.5. The van der Waals surface area contributed by atoms with Crippen LogP contribution < -0.4 is 0 Å². The molecule has 7 heteroatoms. The molecule has 1 aromatic heterocycles. The Morgan fingerprint density at radius 3 is 2.05 bits per heavy atom. The van der Waals surface area contributed by atoms with E-state index in [2.05, 4.69) is 67.9 Å². The molecular weight excluding hydrogens is 629 g/mol. The van der Waals surface area contributed by atoms with E-state index in [1.54, 1.807) is 0 Å². The molecule has 4 nitrogen and oxygen atoms in total. The molecule has 2 fully saturated rings. The molecular formula is C35H32BrCl2N3O. The number of aromatic hydroxyl groups is 1. The molecule has 0 atom stereocenters. The van der Waals surface area contributed by atoms with Crippen LogP contribution in [0.15, 0.2) is 89.4 Å². The Labute approximate surface area is 265 Å². The Bertz CT molecular complexity index is 1680. The normalized spacial score (nSPS) is 16.5. The van der Waals surface area contributed by atoms with Gasteiger partial charge in [-0.1, -0.05) is 65.7 Å². The fraction of sp³-hybridized carbons (Fsp3) is 0.286. The van der Waals surface area contributed by atoms with Crippen LogP contribution in [0.2, 0.25) is 10.0 Å². The minimum absolute atomic E-state index is 0.0522. The van der Waals surface area contributed by atoms with E-state index in [1.165, 1.54) is 40.9 Å². The maximum Gasteiger partial charge on any atom is 0.134 e. The maximum atomic E-state index is 10.5. The molecule has 0 radical (unpaired) electrons. The lowest BCUT2D eigenvalue weighted by atomic mass is 9.85. The number of nitrogens with zero attached hydrogens (tertiary/aromatic N) is 3. The topological polar surface area (TPSA) is 41.3 Å². The average molecular weight is 661 g/mol. The number of para-hydroxylation sites is 1. The summed E-state index contributed by atoms with van der Waals surface area (Å²) in [6.45, 7) is 2.72. The highest BCUT2D eigenvalue weighted by Gasteiger charge is 2.33. The van der Waals surface area contributed by atoms with Crippen LogP contribution in [-0.4, -0.2) is 32.6 Å². The van der Waals surface area contributed by atoms with Crippen molar-refractivity contribution in [1.82, 2.24) is 14.5 Å². The van der Waals surface area contributed by atoms with Crippen LogP contribution in [0.5, 0.6) is 5.75 Å². The molecule has 1 aliphatic carbocycles. The Balaban J connectivity index is 1.23. The number of likely N-dealkylation sites (tertiary alicyclic amines) is 1. The number of rotatable bonds is 7. The maximum absolute atomic E-state index is 10.5. The van der Waals surface area contributed by atoms with Crippen molar-refractivity contribution in [2.45, 2.75) is 50.1 Å². The zero-order valence-corrected chi connectivity index (χ0v) is 26.3. The van der Waals surface area contributed by atoms with Gasteiger partial charge in [0.05, 0.1) is 15.5 Å². The smallest absolute Gasteiger partial charge is 0.134 e. The van der Waals surface area contributed by atoms with E-state index in [0.717, 1.165) is 58.1 Å². The van der Waals surface area contributed by atoms with Crippen LogP contribution in [0.3, 0.4) is 0 Å².